The minimum atomic E-state index is -4.57. The van der Waals surface area contributed by atoms with E-state index >= 15 is 0 Å². The van der Waals surface area contributed by atoms with Crippen LogP contribution in [0, 0.1) is 6.92 Å². The predicted octanol–water partition coefficient (Wildman–Crippen LogP) is 3.20. The summed E-state index contributed by atoms with van der Waals surface area (Å²) in [4.78, 5) is -0.269. The first-order chi connectivity index (χ1) is 10.0. The number of benzene rings is 1. The van der Waals surface area contributed by atoms with Gasteiger partial charge in [0.15, 0.2) is 0 Å². The zero-order valence-electron chi connectivity index (χ0n) is 11.4. The standard InChI is InChI=1S/C12H11ClF3N3O2S/c1-7-10(11(13)19(2)17-7)22(20,21)18-9-5-3-4-8(6-9)12(14,15)16/h3-6,18H,1-2H3. The molecule has 10 heteroatoms. The summed E-state index contributed by atoms with van der Waals surface area (Å²) < 4.78 is 65.7. The Morgan fingerprint density at radius 3 is 2.45 bits per heavy atom. The van der Waals surface area contributed by atoms with Crippen LogP contribution in [0.25, 0.3) is 0 Å². The Labute approximate surface area is 129 Å². The molecule has 1 heterocycles. The number of rotatable bonds is 3. The van der Waals surface area contributed by atoms with Crippen molar-refractivity contribution in [1.82, 2.24) is 9.78 Å². The maximum atomic E-state index is 12.6. The van der Waals surface area contributed by atoms with E-state index in [0.29, 0.717) is 6.07 Å². The second-order valence-electron chi connectivity index (χ2n) is 4.51. The zero-order chi connectivity index (χ0) is 16.7. The third-order valence-corrected chi connectivity index (χ3v) is 4.89. The predicted molar refractivity (Wildman–Crippen MR) is 75.2 cm³/mol. The van der Waals surface area contributed by atoms with Gasteiger partial charge in [-0.2, -0.15) is 18.3 Å². The van der Waals surface area contributed by atoms with Gasteiger partial charge in [0.05, 0.1) is 11.3 Å². The van der Waals surface area contributed by atoms with Crippen LogP contribution in [0.1, 0.15) is 11.3 Å². The van der Waals surface area contributed by atoms with Crippen LogP contribution >= 0.6 is 11.6 Å². The van der Waals surface area contributed by atoms with Gasteiger partial charge in [-0.3, -0.25) is 9.40 Å². The summed E-state index contributed by atoms with van der Waals surface area (Å²) in [5.74, 6) is 0. The quantitative estimate of drug-likeness (QED) is 0.921. The largest absolute Gasteiger partial charge is 0.416 e. The smallest absolute Gasteiger partial charge is 0.279 e. The van der Waals surface area contributed by atoms with Gasteiger partial charge in [-0.15, -0.1) is 0 Å². The molecule has 0 aliphatic heterocycles. The normalized spacial score (nSPS) is 12.5. The molecule has 1 aromatic carbocycles. The minimum Gasteiger partial charge on any atom is -0.279 e. The maximum Gasteiger partial charge on any atom is 0.416 e. The van der Waals surface area contributed by atoms with Gasteiger partial charge in [0.1, 0.15) is 10.0 Å². The molecular weight excluding hydrogens is 343 g/mol. The molecule has 1 N–H and O–H groups in total. The van der Waals surface area contributed by atoms with Crippen LogP contribution in [0.2, 0.25) is 5.15 Å². The molecule has 120 valence electrons. The second kappa shape index (κ2) is 5.47. The monoisotopic (exact) mass is 353 g/mol. The van der Waals surface area contributed by atoms with Crippen LogP contribution in [0.15, 0.2) is 29.2 Å². The van der Waals surface area contributed by atoms with Gasteiger partial charge in [-0.05, 0) is 25.1 Å². The fraction of sp³-hybridized carbons (Fsp3) is 0.250. The summed E-state index contributed by atoms with van der Waals surface area (Å²) in [5, 5.41) is 3.73. The van der Waals surface area contributed by atoms with Gasteiger partial charge < -0.3 is 0 Å². The van der Waals surface area contributed by atoms with Crippen LogP contribution in [-0.4, -0.2) is 18.2 Å². The summed E-state index contributed by atoms with van der Waals surface area (Å²) >= 11 is 5.87. The average molecular weight is 354 g/mol. The molecule has 2 aromatic rings. The first-order valence-corrected chi connectivity index (χ1v) is 7.77. The number of halogens is 4. The zero-order valence-corrected chi connectivity index (χ0v) is 13.0. The highest BCUT2D eigenvalue weighted by atomic mass is 35.5. The Morgan fingerprint density at radius 2 is 1.95 bits per heavy atom. The van der Waals surface area contributed by atoms with E-state index in [1.54, 1.807) is 0 Å². The lowest BCUT2D eigenvalue weighted by Gasteiger charge is -2.11. The Balaban J connectivity index is 2.42. The van der Waals surface area contributed by atoms with Crippen LogP contribution in [-0.2, 0) is 23.2 Å². The first kappa shape index (κ1) is 16.6. The lowest BCUT2D eigenvalue weighted by Crippen LogP contribution is -2.15. The molecule has 0 saturated carbocycles. The van der Waals surface area contributed by atoms with Crippen molar-refractivity contribution in [3.63, 3.8) is 0 Å². The topological polar surface area (TPSA) is 64.0 Å². The minimum absolute atomic E-state index is 0.128. The molecule has 0 unspecified atom stereocenters. The van der Waals surface area contributed by atoms with Crippen molar-refractivity contribution in [3.05, 3.63) is 40.7 Å². The molecule has 0 amide bonds. The van der Waals surface area contributed by atoms with E-state index in [9.17, 15) is 21.6 Å². The Kier molecular flexibility index (Phi) is 4.14. The van der Waals surface area contributed by atoms with Gasteiger partial charge in [0.25, 0.3) is 10.0 Å². The number of anilines is 1. The number of nitrogens with zero attached hydrogens (tertiary/aromatic N) is 2. The van der Waals surface area contributed by atoms with E-state index in [1.807, 2.05) is 0 Å². The van der Waals surface area contributed by atoms with Crippen molar-refractivity contribution >= 4 is 27.3 Å². The lowest BCUT2D eigenvalue weighted by molar-refractivity contribution is -0.137. The van der Waals surface area contributed by atoms with Crippen molar-refractivity contribution in [1.29, 1.82) is 0 Å². The molecule has 0 bridgehead atoms. The average Bonchev–Trinajstić information content (AvgIpc) is 2.62. The molecule has 0 aliphatic rings. The highest BCUT2D eigenvalue weighted by Gasteiger charge is 2.31. The number of aromatic nitrogens is 2. The fourth-order valence-corrected chi connectivity index (χ4v) is 3.68. The van der Waals surface area contributed by atoms with E-state index < -0.39 is 21.8 Å². The van der Waals surface area contributed by atoms with Gasteiger partial charge in [0.2, 0.25) is 0 Å². The molecule has 0 fully saturated rings. The molecule has 0 aliphatic carbocycles. The van der Waals surface area contributed by atoms with Gasteiger partial charge in [0, 0.05) is 12.7 Å². The number of hydrogen-bond donors (Lipinski definition) is 1. The Hall–Kier alpha value is -1.74. The van der Waals surface area contributed by atoms with Crippen LogP contribution in [0.5, 0.6) is 0 Å². The molecule has 2 rings (SSSR count). The number of sulfonamides is 1. The molecule has 22 heavy (non-hydrogen) atoms. The van der Waals surface area contributed by atoms with Crippen molar-refractivity contribution in [2.45, 2.75) is 18.0 Å². The second-order valence-corrected chi connectivity index (χ2v) is 6.49. The summed E-state index contributed by atoms with van der Waals surface area (Å²) in [7, 11) is -2.69. The van der Waals surface area contributed by atoms with E-state index in [0.717, 1.165) is 16.8 Å². The number of alkyl halides is 3. The highest BCUT2D eigenvalue weighted by molar-refractivity contribution is 7.92. The number of hydrogen-bond acceptors (Lipinski definition) is 3. The summed E-state index contributed by atoms with van der Waals surface area (Å²) in [6.45, 7) is 1.44. The Morgan fingerprint density at radius 1 is 1.32 bits per heavy atom. The van der Waals surface area contributed by atoms with Crippen molar-refractivity contribution < 1.29 is 21.6 Å². The van der Waals surface area contributed by atoms with E-state index in [1.165, 1.54) is 20.0 Å². The molecule has 0 spiro atoms. The number of nitrogens with one attached hydrogen (secondary N) is 1. The lowest BCUT2D eigenvalue weighted by atomic mass is 10.2. The molecule has 1 aromatic heterocycles. The number of aryl methyl sites for hydroxylation is 2. The van der Waals surface area contributed by atoms with Crippen LogP contribution < -0.4 is 4.72 Å². The molecule has 5 nitrogen and oxygen atoms in total. The van der Waals surface area contributed by atoms with Crippen molar-refractivity contribution in [2.75, 3.05) is 4.72 Å². The van der Waals surface area contributed by atoms with E-state index in [2.05, 4.69) is 9.82 Å². The van der Waals surface area contributed by atoms with Gasteiger partial charge in [-0.25, -0.2) is 8.42 Å². The first-order valence-electron chi connectivity index (χ1n) is 5.91. The molecular formula is C12H11ClF3N3O2S. The molecule has 0 saturated heterocycles. The summed E-state index contributed by atoms with van der Waals surface area (Å²) in [6, 6.07) is 3.88. The Bertz CT molecular complexity index is 816. The van der Waals surface area contributed by atoms with Crippen molar-refractivity contribution in [3.8, 4) is 0 Å². The molecule has 0 radical (unpaired) electrons. The third kappa shape index (κ3) is 3.20. The van der Waals surface area contributed by atoms with Gasteiger partial charge >= 0.3 is 6.18 Å². The van der Waals surface area contributed by atoms with Crippen molar-refractivity contribution in [2.24, 2.45) is 7.05 Å². The highest BCUT2D eigenvalue weighted by Crippen LogP contribution is 2.32. The van der Waals surface area contributed by atoms with Crippen LogP contribution in [0.4, 0.5) is 18.9 Å². The summed E-state index contributed by atoms with van der Waals surface area (Å²) in [6.07, 6.45) is -4.57. The fourth-order valence-electron chi connectivity index (χ4n) is 1.88. The maximum absolute atomic E-state index is 12.6. The van der Waals surface area contributed by atoms with Crippen LogP contribution in [0.3, 0.4) is 0 Å². The molecule has 0 atom stereocenters. The SMILES string of the molecule is Cc1nn(C)c(Cl)c1S(=O)(=O)Nc1cccc(C(F)(F)F)c1. The summed E-state index contributed by atoms with van der Waals surface area (Å²) in [5.41, 5.74) is -1.03. The third-order valence-electron chi connectivity index (χ3n) is 2.81. The van der Waals surface area contributed by atoms with Gasteiger partial charge in [-0.1, -0.05) is 17.7 Å². The van der Waals surface area contributed by atoms with E-state index in [4.69, 9.17) is 11.6 Å². The van der Waals surface area contributed by atoms with E-state index in [-0.39, 0.29) is 21.4 Å².